The maximum Gasteiger partial charge on any atom is 0.219 e. The number of halogens is 1. The van der Waals surface area contributed by atoms with E-state index in [-0.39, 0.29) is 5.92 Å². The van der Waals surface area contributed by atoms with Gasteiger partial charge >= 0.3 is 0 Å². The highest BCUT2D eigenvalue weighted by atomic mass is 35.5. The first kappa shape index (κ1) is 25.5. The van der Waals surface area contributed by atoms with Crippen LogP contribution < -0.4 is 4.74 Å². The van der Waals surface area contributed by atoms with Gasteiger partial charge in [-0.3, -0.25) is 4.90 Å². The lowest BCUT2D eigenvalue weighted by atomic mass is 9.74. The highest BCUT2D eigenvalue weighted by Gasteiger charge is 2.43. The molecule has 1 unspecified atom stereocenters. The Hall–Kier alpha value is -2.19. The highest BCUT2D eigenvalue weighted by Crippen LogP contribution is 2.44. The maximum absolute atomic E-state index is 12.5. The molecule has 1 aromatic carbocycles. The fourth-order valence-electron chi connectivity index (χ4n) is 5.79. The summed E-state index contributed by atoms with van der Waals surface area (Å²) >= 11 is 7.10. The number of hydrogen-bond donors (Lipinski definition) is 1. The van der Waals surface area contributed by atoms with Crippen molar-refractivity contribution in [3.05, 3.63) is 52.1 Å². The Balaban J connectivity index is 1.61. The fourth-order valence-corrected chi connectivity index (χ4v) is 6.09. The average molecular weight is 513 g/mol. The van der Waals surface area contributed by atoms with E-state index in [4.69, 9.17) is 26.1 Å². The third-order valence-corrected chi connectivity index (χ3v) is 8.72. The van der Waals surface area contributed by atoms with E-state index in [1.54, 1.807) is 13.3 Å². The van der Waals surface area contributed by atoms with Gasteiger partial charge in [0, 0.05) is 43.7 Å². The van der Waals surface area contributed by atoms with Crippen molar-refractivity contribution in [1.82, 2.24) is 19.4 Å². The summed E-state index contributed by atoms with van der Waals surface area (Å²) in [5.74, 6) is 2.19. The fraction of sp³-hybridized carbons (Fsp3) is 0.571. The van der Waals surface area contributed by atoms with E-state index >= 15 is 0 Å². The lowest BCUT2D eigenvalue weighted by Gasteiger charge is -2.39. The summed E-state index contributed by atoms with van der Waals surface area (Å²) in [5, 5.41) is 13.9. The smallest absolute Gasteiger partial charge is 0.219 e. The molecule has 0 spiro atoms. The van der Waals surface area contributed by atoms with Crippen molar-refractivity contribution < 1.29 is 14.6 Å². The molecule has 5 rings (SSSR count). The number of piperidine rings is 1. The van der Waals surface area contributed by atoms with Gasteiger partial charge in [0.2, 0.25) is 5.88 Å². The molecule has 0 bridgehead atoms. The van der Waals surface area contributed by atoms with E-state index < -0.39 is 5.60 Å². The summed E-state index contributed by atoms with van der Waals surface area (Å²) < 4.78 is 13.3. The number of pyridine rings is 1. The largest absolute Gasteiger partial charge is 0.481 e. The Labute approximate surface area is 218 Å². The monoisotopic (exact) mass is 512 g/mol. The van der Waals surface area contributed by atoms with Gasteiger partial charge in [-0.1, -0.05) is 24.6 Å². The summed E-state index contributed by atoms with van der Waals surface area (Å²) in [6, 6.07) is 5.93. The molecule has 194 valence electrons. The lowest BCUT2D eigenvalue weighted by Crippen LogP contribution is -2.41. The van der Waals surface area contributed by atoms with Crippen molar-refractivity contribution in [2.45, 2.75) is 51.7 Å². The van der Waals surface area contributed by atoms with Crippen LogP contribution in [0.25, 0.3) is 10.9 Å². The molecule has 2 aliphatic heterocycles. The summed E-state index contributed by atoms with van der Waals surface area (Å²) in [5.41, 5.74) is 2.03. The van der Waals surface area contributed by atoms with Crippen molar-refractivity contribution in [3.63, 3.8) is 0 Å². The number of aryl methyl sites for hydroxylation is 1. The molecule has 1 N–H and O–H groups in total. The number of nitrogens with zero attached hydrogens (tertiary/aromatic N) is 4. The first-order valence-corrected chi connectivity index (χ1v) is 13.4. The van der Waals surface area contributed by atoms with Gasteiger partial charge in [-0.15, -0.1) is 0 Å². The second-order valence-corrected chi connectivity index (χ2v) is 10.9. The van der Waals surface area contributed by atoms with Crippen molar-refractivity contribution >= 4 is 22.5 Å². The SMILES string of the molecule is COc1nc2ccc(C(O)(c3cnc(C)n3C)C3CCOCC3)cc2c(Cl)c1CN1CCC(C)CC1. The molecule has 1 atom stereocenters. The van der Waals surface area contributed by atoms with Crippen LogP contribution >= 0.6 is 11.6 Å². The number of likely N-dealkylation sites (tertiary alicyclic amines) is 1. The van der Waals surface area contributed by atoms with Crippen LogP contribution in [0.3, 0.4) is 0 Å². The number of rotatable bonds is 6. The number of imidazole rings is 1. The van der Waals surface area contributed by atoms with Gasteiger partial charge in [0.1, 0.15) is 11.4 Å². The molecule has 0 amide bonds. The molecule has 2 fully saturated rings. The standard InChI is InChI=1S/C28H37ClN4O3/c1-18-7-11-33(12-8-18)17-23-26(29)22-15-21(5-6-24(22)31-27(23)35-4)28(34,20-9-13-36-14-10-20)25-16-30-19(2)32(25)3/h5-6,15-16,18,20,34H,7-14,17H2,1-4H3. The molecule has 2 aromatic heterocycles. The highest BCUT2D eigenvalue weighted by molar-refractivity contribution is 6.36. The topological polar surface area (TPSA) is 72.6 Å². The first-order valence-electron chi connectivity index (χ1n) is 13.0. The van der Waals surface area contributed by atoms with Crippen LogP contribution in [-0.2, 0) is 23.9 Å². The van der Waals surface area contributed by atoms with E-state index in [1.807, 2.05) is 36.7 Å². The normalized spacial score (nSPS) is 20.1. The minimum absolute atomic E-state index is 0.00158. The third-order valence-electron chi connectivity index (χ3n) is 8.29. The van der Waals surface area contributed by atoms with Crippen LogP contribution in [0.5, 0.6) is 5.88 Å². The Morgan fingerprint density at radius 3 is 2.56 bits per heavy atom. The summed E-state index contributed by atoms with van der Waals surface area (Å²) in [6.07, 6.45) is 5.71. The molecule has 7 nitrogen and oxygen atoms in total. The van der Waals surface area contributed by atoms with Gasteiger partial charge in [0.15, 0.2) is 0 Å². The second-order valence-electron chi connectivity index (χ2n) is 10.5. The van der Waals surface area contributed by atoms with E-state index in [0.717, 1.165) is 65.4 Å². The molecule has 4 heterocycles. The number of aromatic nitrogens is 3. The van der Waals surface area contributed by atoms with Gasteiger partial charge in [0.25, 0.3) is 0 Å². The Morgan fingerprint density at radius 2 is 1.92 bits per heavy atom. The van der Waals surface area contributed by atoms with Gasteiger partial charge in [-0.2, -0.15) is 0 Å². The average Bonchev–Trinajstić information content (AvgIpc) is 3.24. The predicted molar refractivity (Wildman–Crippen MR) is 141 cm³/mol. The van der Waals surface area contributed by atoms with Crippen molar-refractivity contribution in [2.75, 3.05) is 33.4 Å². The molecule has 3 aromatic rings. The van der Waals surface area contributed by atoms with Gasteiger partial charge < -0.3 is 19.1 Å². The quantitative estimate of drug-likeness (QED) is 0.510. The van der Waals surface area contributed by atoms with Crippen molar-refractivity contribution in [3.8, 4) is 5.88 Å². The molecule has 0 saturated carbocycles. The van der Waals surface area contributed by atoms with E-state index in [1.165, 1.54) is 12.8 Å². The van der Waals surface area contributed by atoms with Crippen LogP contribution in [0.1, 0.15) is 55.3 Å². The van der Waals surface area contributed by atoms with Gasteiger partial charge in [0.05, 0.1) is 29.5 Å². The maximum atomic E-state index is 12.5. The van der Waals surface area contributed by atoms with E-state index in [2.05, 4.69) is 16.8 Å². The molecule has 2 saturated heterocycles. The molecule has 36 heavy (non-hydrogen) atoms. The van der Waals surface area contributed by atoms with Crippen LogP contribution in [0, 0.1) is 18.8 Å². The zero-order valence-electron chi connectivity index (χ0n) is 21.8. The zero-order chi connectivity index (χ0) is 25.4. The minimum atomic E-state index is -1.22. The third kappa shape index (κ3) is 4.51. The summed E-state index contributed by atoms with van der Waals surface area (Å²) in [6.45, 7) is 8.32. The zero-order valence-corrected chi connectivity index (χ0v) is 22.5. The number of ether oxygens (including phenoxy) is 2. The number of hydrogen-bond acceptors (Lipinski definition) is 6. The van der Waals surface area contributed by atoms with Crippen molar-refractivity contribution in [1.29, 1.82) is 0 Å². The minimum Gasteiger partial charge on any atom is -0.481 e. The lowest BCUT2D eigenvalue weighted by molar-refractivity contribution is -0.0471. The molecule has 0 radical (unpaired) electrons. The Bertz CT molecular complexity index is 1230. The molecular weight excluding hydrogens is 476 g/mol. The first-order chi connectivity index (χ1) is 17.3. The number of benzene rings is 1. The summed E-state index contributed by atoms with van der Waals surface area (Å²) in [7, 11) is 3.61. The van der Waals surface area contributed by atoms with E-state index in [9.17, 15) is 5.11 Å². The molecule has 2 aliphatic rings. The second kappa shape index (κ2) is 10.3. The number of aliphatic hydroxyl groups is 1. The molecular formula is C28H37ClN4O3. The van der Waals surface area contributed by atoms with Gasteiger partial charge in [-0.05, 0) is 69.3 Å². The Morgan fingerprint density at radius 1 is 1.19 bits per heavy atom. The van der Waals surface area contributed by atoms with Crippen LogP contribution in [0.2, 0.25) is 5.02 Å². The number of fused-ring (bicyclic) bond motifs is 1. The van der Waals surface area contributed by atoms with Crippen LogP contribution in [0.4, 0.5) is 0 Å². The van der Waals surface area contributed by atoms with E-state index in [0.29, 0.717) is 30.7 Å². The Kier molecular flexibility index (Phi) is 7.27. The van der Waals surface area contributed by atoms with Crippen LogP contribution in [-0.4, -0.2) is 58.0 Å². The molecule has 8 heteroatoms. The van der Waals surface area contributed by atoms with Crippen molar-refractivity contribution in [2.24, 2.45) is 18.9 Å². The van der Waals surface area contributed by atoms with Gasteiger partial charge in [-0.25, -0.2) is 9.97 Å². The molecule has 0 aliphatic carbocycles. The number of methoxy groups -OCH3 is 1. The predicted octanol–water partition coefficient (Wildman–Crippen LogP) is 4.83. The van der Waals surface area contributed by atoms with Crippen LogP contribution in [0.15, 0.2) is 24.4 Å². The summed E-state index contributed by atoms with van der Waals surface area (Å²) in [4.78, 5) is 11.7.